The SMILES string of the molecule is CCOc1cc(CNc2ccc(NC(C)=O)cc2)cc(Br)c1OCc1ccc(F)cc1. The molecular formula is C24H24BrFN2O3. The summed E-state index contributed by atoms with van der Waals surface area (Å²) in [4.78, 5) is 11.1. The van der Waals surface area contributed by atoms with Gasteiger partial charge in [0.15, 0.2) is 11.5 Å². The Balaban J connectivity index is 1.68. The molecule has 0 atom stereocenters. The minimum absolute atomic E-state index is 0.101. The van der Waals surface area contributed by atoms with Crippen LogP contribution in [0.3, 0.4) is 0 Å². The first-order valence-corrected chi connectivity index (χ1v) is 10.7. The van der Waals surface area contributed by atoms with Crippen molar-refractivity contribution < 1.29 is 18.7 Å². The molecule has 0 fully saturated rings. The molecule has 0 aliphatic rings. The van der Waals surface area contributed by atoms with E-state index in [0.29, 0.717) is 31.3 Å². The zero-order valence-corrected chi connectivity index (χ0v) is 19.0. The van der Waals surface area contributed by atoms with Crippen LogP contribution in [-0.2, 0) is 17.9 Å². The van der Waals surface area contributed by atoms with E-state index in [1.54, 1.807) is 12.1 Å². The van der Waals surface area contributed by atoms with Crippen LogP contribution in [0.2, 0.25) is 0 Å². The molecule has 7 heteroatoms. The summed E-state index contributed by atoms with van der Waals surface area (Å²) in [7, 11) is 0. The zero-order valence-electron chi connectivity index (χ0n) is 17.4. The monoisotopic (exact) mass is 486 g/mol. The molecule has 0 saturated heterocycles. The number of benzene rings is 3. The largest absolute Gasteiger partial charge is 0.490 e. The predicted octanol–water partition coefficient (Wildman–Crippen LogP) is 6.14. The Labute approximate surface area is 189 Å². The molecule has 2 N–H and O–H groups in total. The Morgan fingerprint density at radius 2 is 1.65 bits per heavy atom. The molecule has 0 heterocycles. The zero-order chi connectivity index (χ0) is 22.2. The van der Waals surface area contributed by atoms with Gasteiger partial charge in [-0.25, -0.2) is 4.39 Å². The quantitative estimate of drug-likeness (QED) is 0.381. The van der Waals surface area contributed by atoms with Crippen molar-refractivity contribution in [2.24, 2.45) is 0 Å². The summed E-state index contributed by atoms with van der Waals surface area (Å²) in [5.41, 5.74) is 3.56. The number of hydrogen-bond donors (Lipinski definition) is 2. The molecule has 162 valence electrons. The fourth-order valence-electron chi connectivity index (χ4n) is 2.94. The van der Waals surface area contributed by atoms with Crippen LogP contribution in [-0.4, -0.2) is 12.5 Å². The number of nitrogens with one attached hydrogen (secondary N) is 2. The average molecular weight is 487 g/mol. The number of anilines is 2. The molecule has 1 amide bonds. The van der Waals surface area contributed by atoms with Crippen LogP contribution in [0.5, 0.6) is 11.5 Å². The Kier molecular flexibility index (Phi) is 7.89. The van der Waals surface area contributed by atoms with Gasteiger partial charge in [0.2, 0.25) is 5.91 Å². The molecule has 0 saturated carbocycles. The van der Waals surface area contributed by atoms with E-state index in [1.807, 2.05) is 43.3 Å². The minimum Gasteiger partial charge on any atom is -0.490 e. The molecule has 0 spiro atoms. The maximum atomic E-state index is 13.1. The van der Waals surface area contributed by atoms with E-state index in [0.717, 1.165) is 27.0 Å². The molecule has 3 aromatic carbocycles. The number of halogens is 2. The second-order valence-electron chi connectivity index (χ2n) is 6.87. The van der Waals surface area contributed by atoms with Crippen LogP contribution in [0.15, 0.2) is 65.1 Å². The second-order valence-corrected chi connectivity index (χ2v) is 7.72. The molecule has 0 unspecified atom stereocenters. The highest BCUT2D eigenvalue weighted by atomic mass is 79.9. The van der Waals surface area contributed by atoms with Gasteiger partial charge in [0.25, 0.3) is 0 Å². The first-order valence-electron chi connectivity index (χ1n) is 9.88. The van der Waals surface area contributed by atoms with Gasteiger partial charge in [-0.2, -0.15) is 0 Å². The fraction of sp³-hybridized carbons (Fsp3) is 0.208. The highest BCUT2D eigenvalue weighted by Gasteiger charge is 2.13. The third-order valence-electron chi connectivity index (χ3n) is 4.37. The summed E-state index contributed by atoms with van der Waals surface area (Å²) >= 11 is 3.58. The van der Waals surface area contributed by atoms with Gasteiger partial charge < -0.3 is 20.1 Å². The molecule has 3 aromatic rings. The van der Waals surface area contributed by atoms with Gasteiger partial charge in [-0.15, -0.1) is 0 Å². The smallest absolute Gasteiger partial charge is 0.221 e. The molecule has 31 heavy (non-hydrogen) atoms. The van der Waals surface area contributed by atoms with Crippen LogP contribution >= 0.6 is 15.9 Å². The Bertz CT molecular complexity index is 1020. The first-order chi connectivity index (χ1) is 14.9. The number of carbonyl (C=O) groups is 1. The van der Waals surface area contributed by atoms with Gasteiger partial charge >= 0.3 is 0 Å². The maximum Gasteiger partial charge on any atom is 0.221 e. The van der Waals surface area contributed by atoms with Gasteiger partial charge in [-0.1, -0.05) is 12.1 Å². The van der Waals surface area contributed by atoms with E-state index in [-0.39, 0.29) is 11.7 Å². The molecular weight excluding hydrogens is 463 g/mol. The minimum atomic E-state index is -0.276. The van der Waals surface area contributed by atoms with Crippen molar-refractivity contribution in [3.63, 3.8) is 0 Å². The van der Waals surface area contributed by atoms with Crippen molar-refractivity contribution in [1.29, 1.82) is 0 Å². The lowest BCUT2D eigenvalue weighted by Crippen LogP contribution is -2.06. The van der Waals surface area contributed by atoms with E-state index < -0.39 is 0 Å². The van der Waals surface area contributed by atoms with Crippen LogP contribution in [0, 0.1) is 5.82 Å². The number of rotatable bonds is 9. The summed E-state index contributed by atoms with van der Waals surface area (Å²) < 4.78 is 25.6. The molecule has 0 bridgehead atoms. The van der Waals surface area contributed by atoms with E-state index in [4.69, 9.17) is 9.47 Å². The van der Waals surface area contributed by atoms with Crippen molar-refractivity contribution in [3.05, 3.63) is 82.1 Å². The van der Waals surface area contributed by atoms with E-state index in [2.05, 4.69) is 26.6 Å². The summed E-state index contributed by atoms with van der Waals surface area (Å²) in [6, 6.07) is 17.6. The van der Waals surface area contributed by atoms with Gasteiger partial charge in [0, 0.05) is 24.8 Å². The lowest BCUT2D eigenvalue weighted by Gasteiger charge is -2.16. The normalized spacial score (nSPS) is 10.5. The molecule has 0 aromatic heterocycles. The third-order valence-corrected chi connectivity index (χ3v) is 4.96. The van der Waals surface area contributed by atoms with Gasteiger partial charge in [0.05, 0.1) is 11.1 Å². The van der Waals surface area contributed by atoms with Crippen molar-refractivity contribution in [3.8, 4) is 11.5 Å². The van der Waals surface area contributed by atoms with Crippen LogP contribution in [0.1, 0.15) is 25.0 Å². The summed E-state index contributed by atoms with van der Waals surface area (Å²) in [5.74, 6) is 0.865. The average Bonchev–Trinajstić information content (AvgIpc) is 2.74. The summed E-state index contributed by atoms with van der Waals surface area (Å²) in [6.45, 7) is 4.78. The van der Waals surface area contributed by atoms with Crippen LogP contribution in [0.4, 0.5) is 15.8 Å². The van der Waals surface area contributed by atoms with Gasteiger partial charge in [-0.3, -0.25) is 4.79 Å². The number of amides is 1. The fourth-order valence-corrected chi connectivity index (χ4v) is 3.55. The Morgan fingerprint density at radius 3 is 2.29 bits per heavy atom. The topological polar surface area (TPSA) is 59.6 Å². The maximum absolute atomic E-state index is 13.1. The summed E-state index contributed by atoms with van der Waals surface area (Å²) in [5, 5.41) is 6.10. The number of hydrogen-bond acceptors (Lipinski definition) is 4. The van der Waals surface area contributed by atoms with Crippen molar-refractivity contribution >= 4 is 33.2 Å². The molecule has 0 aliphatic heterocycles. The first kappa shape index (κ1) is 22.6. The molecule has 5 nitrogen and oxygen atoms in total. The van der Waals surface area contributed by atoms with Gasteiger partial charge in [0.1, 0.15) is 12.4 Å². The Hall–Kier alpha value is -3.06. The lowest BCUT2D eigenvalue weighted by molar-refractivity contribution is -0.114. The molecule has 0 aliphatic carbocycles. The van der Waals surface area contributed by atoms with Crippen LogP contribution in [0.25, 0.3) is 0 Å². The Morgan fingerprint density at radius 1 is 0.968 bits per heavy atom. The third kappa shape index (κ3) is 6.72. The van der Waals surface area contributed by atoms with Crippen molar-refractivity contribution in [2.75, 3.05) is 17.2 Å². The van der Waals surface area contributed by atoms with E-state index in [9.17, 15) is 9.18 Å². The van der Waals surface area contributed by atoms with Crippen LogP contribution < -0.4 is 20.1 Å². The lowest BCUT2D eigenvalue weighted by atomic mass is 10.2. The van der Waals surface area contributed by atoms with E-state index in [1.165, 1.54) is 19.1 Å². The highest BCUT2D eigenvalue weighted by Crippen LogP contribution is 2.37. The molecule has 3 rings (SSSR count). The van der Waals surface area contributed by atoms with Crippen molar-refractivity contribution in [1.82, 2.24) is 0 Å². The van der Waals surface area contributed by atoms with Gasteiger partial charge in [-0.05, 0) is 82.5 Å². The molecule has 0 radical (unpaired) electrons. The highest BCUT2D eigenvalue weighted by molar-refractivity contribution is 9.10. The van der Waals surface area contributed by atoms with E-state index >= 15 is 0 Å². The predicted molar refractivity (Wildman–Crippen MR) is 124 cm³/mol. The standard InChI is InChI=1S/C24H24BrFN2O3/c1-3-30-23-13-18(14-27-20-8-10-21(11-9-20)28-16(2)29)12-22(25)24(23)31-15-17-4-6-19(26)7-5-17/h4-13,27H,3,14-15H2,1-2H3,(H,28,29). The number of carbonyl (C=O) groups excluding carboxylic acids is 1. The second kappa shape index (κ2) is 10.8. The van der Waals surface area contributed by atoms with Crippen molar-refractivity contribution in [2.45, 2.75) is 27.0 Å². The summed E-state index contributed by atoms with van der Waals surface area (Å²) in [6.07, 6.45) is 0. The number of ether oxygens (including phenoxy) is 2.